The molecule has 1 aromatic carbocycles. The summed E-state index contributed by atoms with van der Waals surface area (Å²) in [7, 11) is 1.87. The fourth-order valence-corrected chi connectivity index (χ4v) is 3.39. The van der Waals surface area contributed by atoms with Gasteiger partial charge in [-0.25, -0.2) is 4.68 Å². The zero-order valence-corrected chi connectivity index (χ0v) is 16.6. The molecule has 0 spiro atoms. The zero-order chi connectivity index (χ0) is 18.8. The average molecular weight is 372 g/mol. The molecule has 0 bridgehead atoms. The molecule has 1 atom stereocenters. The van der Waals surface area contributed by atoms with Crippen LogP contribution in [0.2, 0.25) is 5.15 Å². The van der Waals surface area contributed by atoms with Crippen LogP contribution in [0, 0.1) is 19.8 Å². The van der Waals surface area contributed by atoms with E-state index < -0.39 is 0 Å². The van der Waals surface area contributed by atoms with Crippen molar-refractivity contribution in [2.45, 2.75) is 46.2 Å². The molecule has 1 aliphatic carbocycles. The maximum Gasteiger partial charge on any atom is 0.246 e. The van der Waals surface area contributed by atoms with Gasteiger partial charge in [-0.3, -0.25) is 4.79 Å². The lowest BCUT2D eigenvalue weighted by atomic mass is 10.1. The van der Waals surface area contributed by atoms with Crippen LogP contribution in [0.5, 0.6) is 0 Å². The number of aryl methyl sites for hydroxylation is 2. The Morgan fingerprint density at radius 2 is 2.00 bits per heavy atom. The van der Waals surface area contributed by atoms with Crippen LogP contribution >= 0.6 is 11.6 Å². The van der Waals surface area contributed by atoms with Crippen molar-refractivity contribution in [2.75, 3.05) is 7.05 Å². The molecule has 26 heavy (non-hydrogen) atoms. The minimum absolute atomic E-state index is 0.00570. The highest BCUT2D eigenvalue weighted by molar-refractivity contribution is 6.31. The molecule has 1 saturated carbocycles. The van der Waals surface area contributed by atoms with Crippen LogP contribution in [0.4, 0.5) is 0 Å². The Labute approximate surface area is 160 Å². The highest BCUT2D eigenvalue weighted by Crippen LogP contribution is 2.34. The molecule has 1 unspecified atom stereocenters. The number of likely N-dealkylation sites (N-methyl/N-ethyl adjacent to an activating group) is 1. The van der Waals surface area contributed by atoms with Crippen LogP contribution in [0.15, 0.2) is 30.3 Å². The Balaban J connectivity index is 1.72. The van der Waals surface area contributed by atoms with Gasteiger partial charge in [0.15, 0.2) is 0 Å². The second kappa shape index (κ2) is 7.67. The van der Waals surface area contributed by atoms with Gasteiger partial charge < -0.3 is 4.90 Å². The minimum Gasteiger partial charge on any atom is -0.339 e. The van der Waals surface area contributed by atoms with Crippen LogP contribution in [-0.2, 0) is 11.3 Å². The number of amides is 1. The largest absolute Gasteiger partial charge is 0.339 e. The van der Waals surface area contributed by atoms with E-state index in [0.29, 0.717) is 17.6 Å². The van der Waals surface area contributed by atoms with Gasteiger partial charge in [0.25, 0.3) is 0 Å². The number of benzene rings is 1. The second-order valence-electron chi connectivity index (χ2n) is 7.29. The predicted octanol–water partition coefficient (Wildman–Crippen LogP) is 4.47. The third-order valence-corrected chi connectivity index (χ3v) is 5.62. The van der Waals surface area contributed by atoms with Gasteiger partial charge in [-0.2, -0.15) is 5.10 Å². The lowest BCUT2D eigenvalue weighted by molar-refractivity contribution is -0.126. The fraction of sp³-hybridized carbons (Fsp3) is 0.429. The number of carbonyl (C=O) groups excluding carboxylic acids is 1. The van der Waals surface area contributed by atoms with Crippen LogP contribution in [0.1, 0.15) is 42.1 Å². The van der Waals surface area contributed by atoms with Crippen molar-refractivity contribution in [2.24, 2.45) is 5.92 Å². The quantitative estimate of drug-likeness (QED) is 0.702. The molecular weight excluding hydrogens is 346 g/mol. The lowest BCUT2D eigenvalue weighted by Gasteiger charge is -2.23. The zero-order valence-electron chi connectivity index (χ0n) is 15.9. The number of aromatic nitrogens is 2. The van der Waals surface area contributed by atoms with Crippen LogP contribution in [0.25, 0.3) is 6.08 Å². The molecule has 1 fully saturated rings. The van der Waals surface area contributed by atoms with Crippen molar-refractivity contribution >= 4 is 23.6 Å². The normalized spacial score (nSPS) is 15.4. The van der Waals surface area contributed by atoms with E-state index in [1.165, 1.54) is 18.4 Å². The van der Waals surface area contributed by atoms with E-state index in [-0.39, 0.29) is 11.9 Å². The Bertz CT molecular complexity index is 819. The summed E-state index contributed by atoms with van der Waals surface area (Å²) >= 11 is 6.52. The molecule has 1 aliphatic rings. The van der Waals surface area contributed by atoms with Gasteiger partial charge in [-0.15, -0.1) is 0 Å². The van der Waals surface area contributed by atoms with Gasteiger partial charge in [0.1, 0.15) is 5.15 Å². The first kappa shape index (κ1) is 18.7. The Kier molecular flexibility index (Phi) is 5.52. The second-order valence-corrected chi connectivity index (χ2v) is 7.65. The van der Waals surface area contributed by atoms with Gasteiger partial charge >= 0.3 is 0 Å². The summed E-state index contributed by atoms with van der Waals surface area (Å²) < 4.78 is 1.78. The minimum atomic E-state index is 0.00570. The number of halogens is 1. The van der Waals surface area contributed by atoms with E-state index in [1.807, 2.05) is 18.9 Å². The molecule has 1 aromatic heterocycles. The molecule has 0 saturated heterocycles. The van der Waals surface area contributed by atoms with E-state index in [9.17, 15) is 4.79 Å². The summed E-state index contributed by atoms with van der Waals surface area (Å²) in [6.07, 6.45) is 5.83. The average Bonchev–Trinajstić information content (AvgIpc) is 3.42. The molecule has 1 heterocycles. The first-order chi connectivity index (χ1) is 12.4. The number of hydrogen-bond acceptors (Lipinski definition) is 2. The summed E-state index contributed by atoms with van der Waals surface area (Å²) in [5.74, 6) is 0.658. The number of rotatable bonds is 6. The molecule has 1 amide bonds. The summed E-state index contributed by atoms with van der Waals surface area (Å²) in [5, 5.41) is 5.09. The summed E-state index contributed by atoms with van der Waals surface area (Å²) in [4.78, 5) is 14.2. The first-order valence-electron chi connectivity index (χ1n) is 9.10. The molecule has 5 heteroatoms. The van der Waals surface area contributed by atoms with E-state index in [0.717, 1.165) is 16.8 Å². The standard InChI is InChI=1S/C21H26ClN3O/c1-14-5-7-17(8-6-14)13-25-21(22)19(15(2)23-25)11-12-20(26)24(4)16(3)18-9-10-18/h5-8,11-12,16,18H,9-10,13H2,1-4H3/b12-11+. The number of nitrogens with zero attached hydrogens (tertiary/aromatic N) is 3. The third-order valence-electron chi connectivity index (χ3n) is 5.22. The topological polar surface area (TPSA) is 38.1 Å². The molecular formula is C21H26ClN3O. The predicted molar refractivity (Wildman–Crippen MR) is 106 cm³/mol. The monoisotopic (exact) mass is 371 g/mol. The van der Waals surface area contributed by atoms with Crippen LogP contribution in [0.3, 0.4) is 0 Å². The molecule has 0 N–H and O–H groups in total. The van der Waals surface area contributed by atoms with Crippen molar-refractivity contribution in [3.05, 3.63) is 57.9 Å². The molecule has 138 valence electrons. The SMILES string of the molecule is Cc1ccc(Cn2nc(C)c(/C=C/C(=O)N(C)C(C)C3CC3)c2Cl)cc1. The smallest absolute Gasteiger partial charge is 0.246 e. The van der Waals surface area contributed by atoms with Crippen molar-refractivity contribution in [3.8, 4) is 0 Å². The summed E-state index contributed by atoms with van der Waals surface area (Å²) in [6.45, 7) is 6.70. The number of hydrogen-bond donors (Lipinski definition) is 0. The highest BCUT2D eigenvalue weighted by Gasteiger charge is 2.31. The van der Waals surface area contributed by atoms with E-state index in [2.05, 4.69) is 43.2 Å². The maximum absolute atomic E-state index is 12.4. The van der Waals surface area contributed by atoms with Crippen molar-refractivity contribution in [3.63, 3.8) is 0 Å². The van der Waals surface area contributed by atoms with E-state index in [1.54, 1.807) is 16.8 Å². The highest BCUT2D eigenvalue weighted by atomic mass is 35.5. The molecule has 0 aliphatic heterocycles. The van der Waals surface area contributed by atoms with Crippen molar-refractivity contribution < 1.29 is 4.79 Å². The van der Waals surface area contributed by atoms with Gasteiger partial charge in [0.2, 0.25) is 5.91 Å². The van der Waals surface area contributed by atoms with Crippen molar-refractivity contribution in [1.82, 2.24) is 14.7 Å². The Morgan fingerprint density at radius 3 is 2.62 bits per heavy atom. The third kappa shape index (κ3) is 4.18. The van der Waals surface area contributed by atoms with Gasteiger partial charge in [0, 0.05) is 24.7 Å². The van der Waals surface area contributed by atoms with Gasteiger partial charge in [0.05, 0.1) is 12.2 Å². The van der Waals surface area contributed by atoms with E-state index in [4.69, 9.17) is 11.6 Å². The van der Waals surface area contributed by atoms with Crippen molar-refractivity contribution in [1.29, 1.82) is 0 Å². The molecule has 3 rings (SSSR count). The maximum atomic E-state index is 12.4. The van der Waals surface area contributed by atoms with Crippen LogP contribution < -0.4 is 0 Å². The molecule has 2 aromatic rings. The Morgan fingerprint density at radius 1 is 1.35 bits per heavy atom. The van der Waals surface area contributed by atoms with Gasteiger partial charge in [-0.1, -0.05) is 41.4 Å². The lowest BCUT2D eigenvalue weighted by Crippen LogP contribution is -2.35. The van der Waals surface area contributed by atoms with Gasteiger partial charge in [-0.05, 0) is 51.2 Å². The van der Waals surface area contributed by atoms with E-state index >= 15 is 0 Å². The first-order valence-corrected chi connectivity index (χ1v) is 9.48. The van der Waals surface area contributed by atoms with Crippen LogP contribution in [-0.4, -0.2) is 33.7 Å². The summed E-state index contributed by atoms with van der Waals surface area (Å²) in [5.41, 5.74) is 4.00. The Hall–Kier alpha value is -2.07. The molecule has 4 nitrogen and oxygen atoms in total. The number of carbonyl (C=O) groups is 1. The molecule has 0 radical (unpaired) electrons. The fourth-order valence-electron chi connectivity index (χ4n) is 3.10. The summed E-state index contributed by atoms with van der Waals surface area (Å²) in [6, 6.07) is 8.60.